The maximum Gasteiger partial charge on any atom is 0.261 e. The van der Waals surface area contributed by atoms with Gasteiger partial charge in [-0.25, -0.2) is 13.8 Å². The summed E-state index contributed by atoms with van der Waals surface area (Å²) in [4.78, 5) is 19.1. The molecular formula is C19H15F2IN2O2S. The van der Waals surface area contributed by atoms with E-state index in [9.17, 15) is 13.6 Å². The highest BCUT2D eigenvalue weighted by Crippen LogP contribution is 2.33. The molecule has 8 heteroatoms. The Morgan fingerprint density at radius 2 is 2.15 bits per heavy atom. The minimum Gasteiger partial charge on any atom is -0.376 e. The molecule has 4 rings (SSSR count). The fourth-order valence-corrected chi connectivity index (χ4v) is 4.71. The van der Waals surface area contributed by atoms with Crippen LogP contribution in [0.3, 0.4) is 0 Å². The number of thiazole rings is 1. The molecule has 140 valence electrons. The number of nitrogens with zero attached hydrogens (tertiary/aromatic N) is 2. The Bertz CT molecular complexity index is 1000. The van der Waals surface area contributed by atoms with Crippen molar-refractivity contribution in [3.8, 4) is 0 Å². The molecule has 1 unspecified atom stereocenters. The third kappa shape index (κ3) is 3.83. The van der Waals surface area contributed by atoms with E-state index in [1.807, 2.05) is 12.1 Å². The van der Waals surface area contributed by atoms with Gasteiger partial charge in [0, 0.05) is 16.2 Å². The molecular weight excluding hydrogens is 485 g/mol. The zero-order chi connectivity index (χ0) is 19.0. The lowest BCUT2D eigenvalue weighted by Gasteiger charge is -2.23. The van der Waals surface area contributed by atoms with Gasteiger partial charge >= 0.3 is 0 Å². The van der Waals surface area contributed by atoms with Crippen molar-refractivity contribution in [2.75, 3.05) is 18.1 Å². The maximum absolute atomic E-state index is 14.1. The Morgan fingerprint density at radius 1 is 1.33 bits per heavy atom. The largest absolute Gasteiger partial charge is 0.376 e. The lowest BCUT2D eigenvalue weighted by atomic mass is 10.2. The highest BCUT2D eigenvalue weighted by atomic mass is 127. The molecule has 0 saturated carbocycles. The van der Waals surface area contributed by atoms with Crippen molar-refractivity contribution in [3.05, 3.63) is 57.2 Å². The van der Waals surface area contributed by atoms with Crippen LogP contribution in [0.4, 0.5) is 13.9 Å². The molecule has 1 aliphatic heterocycles. The highest BCUT2D eigenvalue weighted by Gasteiger charge is 2.28. The molecule has 4 nitrogen and oxygen atoms in total. The summed E-state index contributed by atoms with van der Waals surface area (Å²) in [5, 5.41) is 0.342. The van der Waals surface area contributed by atoms with Gasteiger partial charge in [0.1, 0.15) is 11.3 Å². The first kappa shape index (κ1) is 18.7. The summed E-state index contributed by atoms with van der Waals surface area (Å²) >= 11 is 3.21. The van der Waals surface area contributed by atoms with Gasteiger partial charge in [0.05, 0.1) is 22.9 Å². The zero-order valence-corrected chi connectivity index (χ0v) is 17.1. The van der Waals surface area contributed by atoms with E-state index in [1.165, 1.54) is 11.0 Å². The summed E-state index contributed by atoms with van der Waals surface area (Å²) in [7, 11) is 0. The van der Waals surface area contributed by atoms with E-state index in [0.29, 0.717) is 28.5 Å². The van der Waals surface area contributed by atoms with Crippen molar-refractivity contribution in [2.24, 2.45) is 0 Å². The predicted molar refractivity (Wildman–Crippen MR) is 109 cm³/mol. The summed E-state index contributed by atoms with van der Waals surface area (Å²) in [6, 6.07) is 9.30. The molecule has 1 aromatic heterocycles. The molecule has 1 saturated heterocycles. The number of anilines is 1. The summed E-state index contributed by atoms with van der Waals surface area (Å²) in [5.41, 5.74) is 0.617. The number of ether oxygens (including phenoxy) is 1. The normalized spacial score (nSPS) is 16.8. The van der Waals surface area contributed by atoms with Crippen molar-refractivity contribution in [1.82, 2.24) is 4.98 Å². The van der Waals surface area contributed by atoms with Crippen LogP contribution in [0.5, 0.6) is 0 Å². The van der Waals surface area contributed by atoms with Gasteiger partial charge in [0.25, 0.3) is 5.91 Å². The molecule has 1 aliphatic rings. The quantitative estimate of drug-likeness (QED) is 0.474. The number of aromatic nitrogens is 1. The first-order valence-corrected chi connectivity index (χ1v) is 10.4. The average molecular weight is 500 g/mol. The fraction of sp³-hybridized carbons (Fsp3) is 0.263. The van der Waals surface area contributed by atoms with Gasteiger partial charge in [0.2, 0.25) is 0 Å². The van der Waals surface area contributed by atoms with Crippen LogP contribution in [0.25, 0.3) is 10.2 Å². The number of amides is 1. The SMILES string of the molecule is O=C(c1ccccc1I)N(CC1CCCO1)c1nc2c(F)cc(F)cc2s1. The van der Waals surface area contributed by atoms with Gasteiger partial charge in [-0.3, -0.25) is 9.69 Å². The topological polar surface area (TPSA) is 42.4 Å². The number of carbonyl (C=O) groups is 1. The number of carbonyl (C=O) groups excluding carboxylic acids is 1. The Balaban J connectivity index is 1.76. The maximum atomic E-state index is 14.1. The first-order valence-electron chi connectivity index (χ1n) is 8.46. The standard InChI is InChI=1S/C19H15F2IN2O2S/c20-11-8-14(21)17-16(9-11)27-19(23-17)24(10-12-4-3-7-26-12)18(25)13-5-1-2-6-15(13)22/h1-2,5-6,8-9,12H,3-4,7,10H2. The van der Waals surface area contributed by atoms with Gasteiger partial charge < -0.3 is 4.74 Å². The lowest BCUT2D eigenvalue weighted by molar-refractivity contribution is 0.0916. The van der Waals surface area contributed by atoms with Crippen LogP contribution in [0, 0.1) is 15.2 Å². The summed E-state index contributed by atoms with van der Waals surface area (Å²) in [5.74, 6) is -1.62. The molecule has 3 aromatic rings. The van der Waals surface area contributed by atoms with E-state index in [0.717, 1.165) is 33.8 Å². The van der Waals surface area contributed by atoms with Gasteiger partial charge in [-0.1, -0.05) is 23.5 Å². The number of rotatable bonds is 4. The van der Waals surface area contributed by atoms with Crippen LogP contribution in [0.2, 0.25) is 0 Å². The molecule has 0 aliphatic carbocycles. The Hall–Kier alpha value is -1.65. The summed E-state index contributed by atoms with van der Waals surface area (Å²) in [6.45, 7) is 0.989. The molecule has 27 heavy (non-hydrogen) atoms. The van der Waals surface area contributed by atoms with Crippen LogP contribution in [0.1, 0.15) is 23.2 Å². The smallest absolute Gasteiger partial charge is 0.261 e. The second-order valence-electron chi connectivity index (χ2n) is 6.26. The third-order valence-electron chi connectivity index (χ3n) is 4.39. The second-order valence-corrected chi connectivity index (χ2v) is 8.43. The fourth-order valence-electron chi connectivity index (χ4n) is 3.08. The molecule has 0 bridgehead atoms. The van der Waals surface area contributed by atoms with Gasteiger partial charge in [-0.05, 0) is 53.6 Å². The van der Waals surface area contributed by atoms with Crippen molar-refractivity contribution in [3.63, 3.8) is 0 Å². The molecule has 0 N–H and O–H groups in total. The third-order valence-corrected chi connectivity index (χ3v) is 6.36. The predicted octanol–water partition coefficient (Wildman–Crippen LogP) is 5.00. The number of fused-ring (bicyclic) bond motifs is 1. The Kier molecular flexibility index (Phi) is 5.38. The van der Waals surface area contributed by atoms with Gasteiger partial charge in [0.15, 0.2) is 10.9 Å². The summed E-state index contributed by atoms with van der Waals surface area (Å²) < 4.78 is 34.5. The molecule has 0 spiro atoms. The molecule has 1 amide bonds. The van der Waals surface area contributed by atoms with E-state index in [-0.39, 0.29) is 17.5 Å². The number of benzene rings is 2. The first-order chi connectivity index (χ1) is 13.0. The van der Waals surface area contributed by atoms with Crippen LogP contribution >= 0.6 is 33.9 Å². The van der Waals surface area contributed by atoms with Crippen LogP contribution in [0.15, 0.2) is 36.4 Å². The Morgan fingerprint density at radius 3 is 2.89 bits per heavy atom. The van der Waals surface area contributed by atoms with Crippen LogP contribution < -0.4 is 4.90 Å². The number of hydrogen-bond acceptors (Lipinski definition) is 4. The van der Waals surface area contributed by atoms with E-state index in [4.69, 9.17) is 4.74 Å². The Labute approximate surface area is 172 Å². The second kappa shape index (κ2) is 7.76. The van der Waals surface area contributed by atoms with Crippen molar-refractivity contribution >= 4 is 55.2 Å². The van der Waals surface area contributed by atoms with Crippen molar-refractivity contribution in [1.29, 1.82) is 0 Å². The number of hydrogen-bond donors (Lipinski definition) is 0. The van der Waals surface area contributed by atoms with Gasteiger partial charge in [-0.2, -0.15) is 0 Å². The average Bonchev–Trinajstić information content (AvgIpc) is 3.29. The summed E-state index contributed by atoms with van der Waals surface area (Å²) in [6.07, 6.45) is 1.70. The number of halogens is 3. The van der Waals surface area contributed by atoms with Gasteiger partial charge in [-0.15, -0.1) is 0 Å². The molecule has 0 radical (unpaired) electrons. The molecule has 1 fully saturated rings. The zero-order valence-electron chi connectivity index (χ0n) is 14.1. The van der Waals surface area contributed by atoms with E-state index in [2.05, 4.69) is 27.6 Å². The molecule has 1 atom stereocenters. The minimum atomic E-state index is -0.730. The van der Waals surface area contributed by atoms with Crippen molar-refractivity contribution < 1.29 is 18.3 Å². The van der Waals surface area contributed by atoms with Crippen LogP contribution in [-0.2, 0) is 4.74 Å². The minimum absolute atomic E-state index is 0.0734. The van der Waals surface area contributed by atoms with E-state index >= 15 is 0 Å². The van der Waals surface area contributed by atoms with E-state index in [1.54, 1.807) is 12.1 Å². The molecule has 2 heterocycles. The lowest BCUT2D eigenvalue weighted by Crippen LogP contribution is -2.37. The monoisotopic (exact) mass is 500 g/mol. The van der Waals surface area contributed by atoms with Crippen molar-refractivity contribution in [2.45, 2.75) is 18.9 Å². The molecule has 2 aromatic carbocycles. The highest BCUT2D eigenvalue weighted by molar-refractivity contribution is 14.1. The van der Waals surface area contributed by atoms with E-state index < -0.39 is 11.6 Å². The van der Waals surface area contributed by atoms with Crippen LogP contribution in [-0.4, -0.2) is 30.1 Å².